The molecule has 0 saturated heterocycles. The second-order valence-corrected chi connectivity index (χ2v) is 6.01. The van der Waals surface area contributed by atoms with Gasteiger partial charge in [0, 0.05) is 35.4 Å². The van der Waals surface area contributed by atoms with E-state index in [0.717, 1.165) is 18.6 Å². The van der Waals surface area contributed by atoms with Crippen LogP contribution in [0.3, 0.4) is 0 Å². The summed E-state index contributed by atoms with van der Waals surface area (Å²) in [6.07, 6.45) is 1.99. The van der Waals surface area contributed by atoms with Crippen molar-refractivity contribution in [2.24, 2.45) is 0 Å². The van der Waals surface area contributed by atoms with Crippen LogP contribution < -0.4 is 0 Å². The molecule has 0 saturated carbocycles. The quantitative estimate of drug-likeness (QED) is 0.570. The van der Waals surface area contributed by atoms with E-state index in [0.29, 0.717) is 0 Å². The Labute approximate surface area is 129 Å². The van der Waals surface area contributed by atoms with Crippen molar-refractivity contribution >= 4 is 32.7 Å². The fraction of sp³-hybridized carbons (Fsp3) is 0.211. The number of hydrogen-bond donors (Lipinski definition) is 0. The molecule has 0 aliphatic heterocycles. The van der Waals surface area contributed by atoms with E-state index >= 15 is 0 Å². The second-order valence-electron chi connectivity index (χ2n) is 6.01. The molecule has 4 rings (SSSR count). The maximum absolute atomic E-state index is 4.75. The molecule has 110 valence electrons. The molecule has 3 nitrogen and oxygen atoms in total. The molecule has 22 heavy (non-hydrogen) atoms. The lowest BCUT2D eigenvalue weighted by Gasteiger charge is -2.13. The molecule has 0 N–H and O–H groups in total. The highest BCUT2D eigenvalue weighted by atomic mass is 15.1. The van der Waals surface area contributed by atoms with Crippen LogP contribution in [-0.2, 0) is 6.54 Å². The minimum Gasteiger partial charge on any atom is -0.337 e. The van der Waals surface area contributed by atoms with Gasteiger partial charge in [0.15, 0.2) is 0 Å². The van der Waals surface area contributed by atoms with E-state index in [1.54, 1.807) is 0 Å². The Morgan fingerprint density at radius 3 is 2.50 bits per heavy atom. The summed E-state index contributed by atoms with van der Waals surface area (Å²) in [6, 6.07) is 17.1. The topological polar surface area (TPSA) is 21.1 Å². The summed E-state index contributed by atoms with van der Waals surface area (Å²) >= 11 is 0. The van der Waals surface area contributed by atoms with E-state index < -0.39 is 0 Å². The molecule has 0 atom stereocenters. The lowest BCUT2D eigenvalue weighted by Crippen LogP contribution is -2.18. The molecule has 2 aromatic heterocycles. The van der Waals surface area contributed by atoms with Crippen molar-refractivity contribution in [1.29, 1.82) is 0 Å². The standard InChI is InChI=1S/C19H19N3/c1-21(2)11-12-22-17-10-6-5-9-16(17)18-19(22)15-8-4-3-7-14(15)13-20-18/h3-10,13H,11-12H2,1-2H3. The minimum absolute atomic E-state index is 0.965. The van der Waals surface area contributed by atoms with Crippen molar-refractivity contribution in [2.75, 3.05) is 20.6 Å². The van der Waals surface area contributed by atoms with Gasteiger partial charge >= 0.3 is 0 Å². The molecule has 0 fully saturated rings. The van der Waals surface area contributed by atoms with Crippen LogP contribution in [0.4, 0.5) is 0 Å². The Hall–Kier alpha value is -2.39. The zero-order valence-electron chi connectivity index (χ0n) is 13.0. The smallest absolute Gasteiger partial charge is 0.0966 e. The Morgan fingerprint density at radius 2 is 1.68 bits per heavy atom. The summed E-state index contributed by atoms with van der Waals surface area (Å²) < 4.78 is 2.42. The van der Waals surface area contributed by atoms with Crippen molar-refractivity contribution in [3.05, 3.63) is 54.7 Å². The number of hydrogen-bond acceptors (Lipinski definition) is 2. The molecule has 0 bridgehead atoms. The molecule has 0 radical (unpaired) electrons. The van der Waals surface area contributed by atoms with Crippen LogP contribution in [0.25, 0.3) is 32.7 Å². The molecule has 0 aliphatic rings. The summed E-state index contributed by atoms with van der Waals surface area (Å²) in [5.74, 6) is 0. The van der Waals surface area contributed by atoms with E-state index in [2.05, 4.69) is 72.1 Å². The van der Waals surface area contributed by atoms with Gasteiger partial charge in [-0.3, -0.25) is 4.98 Å². The van der Waals surface area contributed by atoms with Crippen LogP contribution in [0.2, 0.25) is 0 Å². The molecule has 2 heterocycles. The molecule has 0 unspecified atom stereocenters. The maximum atomic E-state index is 4.75. The second kappa shape index (κ2) is 5.11. The van der Waals surface area contributed by atoms with Gasteiger partial charge in [0.25, 0.3) is 0 Å². The van der Waals surface area contributed by atoms with E-state index in [4.69, 9.17) is 4.98 Å². The van der Waals surface area contributed by atoms with Gasteiger partial charge in [-0.25, -0.2) is 0 Å². The largest absolute Gasteiger partial charge is 0.337 e. The molecular weight excluding hydrogens is 270 g/mol. The Morgan fingerprint density at radius 1 is 0.955 bits per heavy atom. The molecule has 0 amide bonds. The third kappa shape index (κ3) is 1.97. The van der Waals surface area contributed by atoms with Gasteiger partial charge in [-0.05, 0) is 20.2 Å². The summed E-state index contributed by atoms with van der Waals surface area (Å²) in [7, 11) is 4.23. The number of likely N-dealkylation sites (N-methyl/N-ethyl adjacent to an activating group) is 1. The van der Waals surface area contributed by atoms with Crippen LogP contribution in [0, 0.1) is 0 Å². The molecule has 3 heteroatoms. The van der Waals surface area contributed by atoms with Gasteiger partial charge in [0.2, 0.25) is 0 Å². The zero-order valence-corrected chi connectivity index (χ0v) is 13.0. The molecule has 4 aromatic rings. The first-order valence-electron chi connectivity index (χ1n) is 7.65. The maximum Gasteiger partial charge on any atom is 0.0966 e. The average Bonchev–Trinajstić information content (AvgIpc) is 2.87. The van der Waals surface area contributed by atoms with Gasteiger partial charge in [-0.1, -0.05) is 42.5 Å². The Bertz CT molecular complexity index is 966. The number of nitrogens with zero attached hydrogens (tertiary/aromatic N) is 3. The van der Waals surface area contributed by atoms with Crippen molar-refractivity contribution in [3.8, 4) is 0 Å². The summed E-state index contributed by atoms with van der Waals surface area (Å²) in [5.41, 5.74) is 3.62. The zero-order chi connectivity index (χ0) is 15.1. The van der Waals surface area contributed by atoms with E-state index in [1.807, 2.05) is 6.20 Å². The molecule has 2 aromatic carbocycles. The van der Waals surface area contributed by atoms with E-state index in [9.17, 15) is 0 Å². The van der Waals surface area contributed by atoms with Crippen LogP contribution in [0.1, 0.15) is 0 Å². The molecule has 0 aliphatic carbocycles. The van der Waals surface area contributed by atoms with Gasteiger partial charge in [-0.15, -0.1) is 0 Å². The lowest BCUT2D eigenvalue weighted by molar-refractivity contribution is 0.389. The predicted molar refractivity (Wildman–Crippen MR) is 93.3 cm³/mol. The van der Waals surface area contributed by atoms with Crippen LogP contribution >= 0.6 is 0 Å². The van der Waals surface area contributed by atoms with Crippen LogP contribution in [0.5, 0.6) is 0 Å². The van der Waals surface area contributed by atoms with Gasteiger partial charge < -0.3 is 9.47 Å². The number of rotatable bonds is 3. The van der Waals surface area contributed by atoms with E-state index in [1.165, 1.54) is 27.2 Å². The van der Waals surface area contributed by atoms with Crippen molar-refractivity contribution in [2.45, 2.75) is 6.54 Å². The van der Waals surface area contributed by atoms with Gasteiger partial charge in [-0.2, -0.15) is 0 Å². The number of pyridine rings is 1. The van der Waals surface area contributed by atoms with Crippen LogP contribution in [0.15, 0.2) is 54.7 Å². The van der Waals surface area contributed by atoms with Gasteiger partial charge in [0.1, 0.15) is 0 Å². The molecular formula is C19H19N3. The summed E-state index contributed by atoms with van der Waals surface area (Å²) in [6.45, 7) is 1.98. The fourth-order valence-electron chi connectivity index (χ4n) is 3.18. The first kappa shape index (κ1) is 13.3. The normalized spacial score (nSPS) is 12.0. The summed E-state index contributed by atoms with van der Waals surface area (Å²) in [5, 5.41) is 3.72. The highest BCUT2D eigenvalue weighted by molar-refractivity contribution is 6.15. The first-order chi connectivity index (χ1) is 10.8. The Balaban J connectivity index is 2.12. The predicted octanol–water partition coefficient (Wildman–Crippen LogP) is 3.90. The number of para-hydroxylation sites is 1. The number of benzene rings is 2. The SMILES string of the molecule is CN(C)CCn1c2ccccc2c2ncc3ccccc3c21. The number of aromatic nitrogens is 2. The van der Waals surface area contributed by atoms with Gasteiger partial charge in [0.05, 0.1) is 16.6 Å². The Kier molecular flexibility index (Phi) is 3.09. The third-order valence-electron chi connectivity index (χ3n) is 4.26. The lowest BCUT2D eigenvalue weighted by atomic mass is 10.1. The monoisotopic (exact) mass is 289 g/mol. The van der Waals surface area contributed by atoms with E-state index in [-0.39, 0.29) is 0 Å². The highest BCUT2D eigenvalue weighted by Crippen LogP contribution is 2.32. The highest BCUT2D eigenvalue weighted by Gasteiger charge is 2.13. The number of fused-ring (bicyclic) bond motifs is 5. The molecule has 0 spiro atoms. The summed E-state index contributed by atoms with van der Waals surface area (Å²) in [4.78, 5) is 6.97. The fourth-order valence-corrected chi connectivity index (χ4v) is 3.18. The minimum atomic E-state index is 0.965. The van der Waals surface area contributed by atoms with Crippen LogP contribution in [-0.4, -0.2) is 35.1 Å². The van der Waals surface area contributed by atoms with Crippen molar-refractivity contribution in [1.82, 2.24) is 14.5 Å². The third-order valence-corrected chi connectivity index (χ3v) is 4.26. The first-order valence-corrected chi connectivity index (χ1v) is 7.65. The van der Waals surface area contributed by atoms with Crippen molar-refractivity contribution < 1.29 is 0 Å². The van der Waals surface area contributed by atoms with Crippen molar-refractivity contribution in [3.63, 3.8) is 0 Å². The average molecular weight is 289 g/mol.